The molecule has 1 aliphatic rings. The predicted octanol–water partition coefficient (Wildman–Crippen LogP) is 1.10. The van der Waals surface area contributed by atoms with Crippen LogP contribution in [-0.4, -0.2) is 65.9 Å². The molecule has 0 aliphatic carbocycles. The van der Waals surface area contributed by atoms with Gasteiger partial charge in [0, 0.05) is 33.1 Å². The molecule has 0 radical (unpaired) electrons. The van der Waals surface area contributed by atoms with Gasteiger partial charge in [0.2, 0.25) is 6.10 Å². The molecule has 1 fully saturated rings. The number of aryl methyl sites for hydroxylation is 1. The lowest BCUT2D eigenvalue weighted by Crippen LogP contribution is -2.64. The zero-order valence-corrected chi connectivity index (χ0v) is 19.2. The molecule has 0 amide bonds. The van der Waals surface area contributed by atoms with E-state index >= 15 is 0 Å². The molecule has 1 aromatic rings. The molecule has 11 nitrogen and oxygen atoms in total. The molecule has 2 rings (SSSR count). The van der Waals surface area contributed by atoms with Gasteiger partial charge in [-0.15, -0.1) is 11.3 Å². The van der Waals surface area contributed by atoms with Crippen molar-refractivity contribution in [3.63, 3.8) is 0 Å². The number of esters is 4. The minimum atomic E-state index is -1.33. The van der Waals surface area contributed by atoms with Gasteiger partial charge in [0.15, 0.2) is 16.2 Å². The number of hydrogen-bond donors (Lipinski definition) is 0. The quantitative estimate of drug-likeness (QED) is 0.318. The minimum absolute atomic E-state index is 0.342. The number of thiazole rings is 1. The van der Waals surface area contributed by atoms with Crippen molar-refractivity contribution in [1.82, 2.24) is 4.73 Å². The second kappa shape index (κ2) is 10.7. The molecule has 1 aromatic heterocycles. The normalized spacial score (nSPS) is 25.3. The van der Waals surface area contributed by atoms with E-state index in [1.54, 1.807) is 12.3 Å². The first-order chi connectivity index (χ1) is 14.5. The Bertz CT molecular complexity index is 894. The lowest BCUT2D eigenvalue weighted by molar-refractivity contribution is -0.308. The Kier molecular flexibility index (Phi) is 8.53. The molecule has 1 aliphatic heterocycles. The lowest BCUT2D eigenvalue weighted by Gasteiger charge is -2.43. The summed E-state index contributed by atoms with van der Waals surface area (Å²) in [5, 5.41) is 1.74. The van der Waals surface area contributed by atoms with Gasteiger partial charge >= 0.3 is 23.9 Å². The van der Waals surface area contributed by atoms with E-state index in [2.05, 4.69) is 0 Å². The fraction of sp³-hybridized carbons (Fsp3) is 0.611. The molecular weight excluding hydrogens is 454 g/mol. The van der Waals surface area contributed by atoms with E-state index in [-0.39, 0.29) is 6.61 Å². The van der Waals surface area contributed by atoms with Gasteiger partial charge in [0.05, 0.1) is 5.69 Å². The first kappa shape index (κ1) is 24.8. The Labute approximate surface area is 187 Å². The molecule has 0 bridgehead atoms. The predicted molar refractivity (Wildman–Crippen MR) is 106 cm³/mol. The zero-order valence-electron chi connectivity index (χ0n) is 17.5. The highest BCUT2D eigenvalue weighted by Crippen LogP contribution is 2.29. The number of ether oxygens (including phenoxy) is 5. The van der Waals surface area contributed by atoms with Crippen LogP contribution in [0.15, 0.2) is 5.38 Å². The topological polar surface area (TPSA) is 129 Å². The maximum atomic E-state index is 11.8. The van der Waals surface area contributed by atoms with E-state index in [1.807, 2.05) is 0 Å². The van der Waals surface area contributed by atoms with Crippen LogP contribution < -0.4 is 4.84 Å². The molecule has 0 N–H and O–H groups in total. The summed E-state index contributed by atoms with van der Waals surface area (Å²) in [5.74, 6) is -2.76. The maximum Gasteiger partial charge on any atom is 0.303 e. The van der Waals surface area contributed by atoms with Gasteiger partial charge in [0.1, 0.15) is 12.7 Å². The third-order valence-electron chi connectivity index (χ3n) is 3.97. The fourth-order valence-electron chi connectivity index (χ4n) is 2.88. The van der Waals surface area contributed by atoms with Crippen LogP contribution >= 0.6 is 23.6 Å². The smallest absolute Gasteiger partial charge is 0.303 e. The van der Waals surface area contributed by atoms with E-state index in [0.717, 1.165) is 20.8 Å². The van der Waals surface area contributed by atoms with Crippen molar-refractivity contribution in [2.24, 2.45) is 0 Å². The van der Waals surface area contributed by atoms with Crippen LogP contribution in [0.4, 0.5) is 0 Å². The third kappa shape index (κ3) is 6.74. The first-order valence-corrected chi connectivity index (χ1v) is 10.4. The van der Waals surface area contributed by atoms with Crippen molar-refractivity contribution in [1.29, 1.82) is 0 Å². The molecule has 31 heavy (non-hydrogen) atoms. The molecule has 2 heterocycles. The Hall–Kier alpha value is -2.51. The summed E-state index contributed by atoms with van der Waals surface area (Å²) < 4.78 is 28.5. The van der Waals surface area contributed by atoms with Gasteiger partial charge < -0.3 is 28.5 Å². The van der Waals surface area contributed by atoms with Crippen LogP contribution in [0.25, 0.3) is 0 Å². The Balaban J connectivity index is 2.48. The van der Waals surface area contributed by atoms with Crippen LogP contribution in [0, 0.1) is 10.9 Å². The molecule has 172 valence electrons. The maximum absolute atomic E-state index is 11.8. The van der Waals surface area contributed by atoms with Crippen LogP contribution in [-0.2, 0) is 42.9 Å². The molecule has 1 saturated heterocycles. The zero-order chi connectivity index (χ0) is 23.3. The molecular formula is C18H23NO10S2. The number of carbonyl (C=O) groups is 4. The highest BCUT2D eigenvalue weighted by atomic mass is 32.1. The van der Waals surface area contributed by atoms with Gasteiger partial charge in [-0.05, 0) is 19.1 Å². The van der Waals surface area contributed by atoms with Crippen molar-refractivity contribution < 1.29 is 47.7 Å². The highest BCUT2D eigenvalue weighted by molar-refractivity contribution is 7.73. The summed E-state index contributed by atoms with van der Waals surface area (Å²) in [6.45, 7) is 6.02. The van der Waals surface area contributed by atoms with Crippen LogP contribution in [0.5, 0.6) is 0 Å². The molecule has 0 unspecified atom stereocenters. The molecule has 0 saturated carbocycles. The average Bonchev–Trinajstić information content (AvgIpc) is 2.95. The fourth-order valence-corrected chi connectivity index (χ4v) is 3.86. The standard InChI is InChI=1S/C18H23NO10S2/c1-8-7-31-18(30)19(8)29-17-16(27-12(5)23)15(26-11(4)22)14(25-10(3)21)13(28-17)6-24-9(2)20/h7,13-17H,6H2,1-5H3/t13-,14-,15+,16-,17+/m1/s1. The number of aromatic nitrogens is 1. The first-order valence-electron chi connectivity index (χ1n) is 9.14. The Morgan fingerprint density at radius 3 is 2.00 bits per heavy atom. The van der Waals surface area contributed by atoms with E-state index in [1.165, 1.54) is 23.0 Å². The van der Waals surface area contributed by atoms with Crippen LogP contribution in [0.2, 0.25) is 0 Å². The van der Waals surface area contributed by atoms with Crippen molar-refractivity contribution >= 4 is 47.4 Å². The van der Waals surface area contributed by atoms with Crippen molar-refractivity contribution in [3.05, 3.63) is 15.0 Å². The summed E-state index contributed by atoms with van der Waals surface area (Å²) in [6, 6.07) is 0. The second-order valence-corrected chi connectivity index (χ2v) is 8.11. The van der Waals surface area contributed by atoms with E-state index < -0.39 is 54.6 Å². The van der Waals surface area contributed by atoms with Crippen molar-refractivity contribution in [3.8, 4) is 0 Å². The van der Waals surface area contributed by atoms with Gasteiger partial charge in [-0.1, -0.05) is 0 Å². The number of carbonyl (C=O) groups excluding carboxylic acids is 4. The van der Waals surface area contributed by atoms with Gasteiger partial charge in [-0.25, -0.2) is 0 Å². The van der Waals surface area contributed by atoms with E-state index in [9.17, 15) is 19.2 Å². The second-order valence-electron chi connectivity index (χ2n) is 6.61. The summed E-state index contributed by atoms with van der Waals surface area (Å²) in [4.78, 5) is 52.4. The lowest BCUT2D eigenvalue weighted by atomic mass is 9.98. The van der Waals surface area contributed by atoms with Gasteiger partial charge in [-0.2, -0.15) is 4.73 Å². The molecule has 5 atom stereocenters. The van der Waals surface area contributed by atoms with E-state index in [4.69, 9.17) is 40.7 Å². The summed E-state index contributed by atoms with van der Waals surface area (Å²) in [6.07, 6.45) is -6.30. The van der Waals surface area contributed by atoms with Crippen molar-refractivity contribution in [2.75, 3.05) is 6.61 Å². The average molecular weight is 478 g/mol. The summed E-state index contributed by atoms with van der Waals surface area (Å²) in [7, 11) is 0. The highest BCUT2D eigenvalue weighted by Gasteiger charge is 2.53. The number of rotatable bonds is 7. The summed E-state index contributed by atoms with van der Waals surface area (Å²) >= 11 is 6.47. The number of hydrogen-bond acceptors (Lipinski definition) is 12. The largest absolute Gasteiger partial charge is 0.463 e. The summed E-state index contributed by atoms with van der Waals surface area (Å²) in [5.41, 5.74) is 0.642. The molecule has 13 heteroatoms. The molecule has 0 aromatic carbocycles. The van der Waals surface area contributed by atoms with Crippen LogP contribution in [0.3, 0.4) is 0 Å². The Morgan fingerprint density at radius 2 is 1.52 bits per heavy atom. The number of nitrogens with zero attached hydrogens (tertiary/aromatic N) is 1. The minimum Gasteiger partial charge on any atom is -0.463 e. The van der Waals surface area contributed by atoms with E-state index in [0.29, 0.717) is 9.65 Å². The third-order valence-corrected chi connectivity index (χ3v) is 5.25. The van der Waals surface area contributed by atoms with Crippen molar-refractivity contribution in [2.45, 2.75) is 65.3 Å². The molecule has 0 spiro atoms. The monoisotopic (exact) mass is 477 g/mol. The van der Waals surface area contributed by atoms with Crippen LogP contribution in [0.1, 0.15) is 33.4 Å². The van der Waals surface area contributed by atoms with Gasteiger partial charge in [-0.3, -0.25) is 19.2 Å². The SMILES string of the molecule is CC(=O)OC[C@H]1O[C@@H](On2c(C)csc2=S)[C@H](OC(C)=O)[C@@H](OC(C)=O)[C@@H]1OC(C)=O. The Morgan fingerprint density at radius 1 is 0.968 bits per heavy atom. The van der Waals surface area contributed by atoms with Gasteiger partial charge in [0.25, 0.3) is 6.29 Å².